The first-order valence-corrected chi connectivity index (χ1v) is 15.7. The van der Waals surface area contributed by atoms with Crippen molar-refractivity contribution in [3.8, 4) is 0 Å². The lowest BCUT2D eigenvalue weighted by Gasteiger charge is -2.38. The lowest BCUT2D eigenvalue weighted by atomic mass is 10.1. The Bertz CT molecular complexity index is 1390. The van der Waals surface area contributed by atoms with E-state index in [9.17, 15) is 17.9 Å². The molecule has 0 radical (unpaired) electrons. The molecule has 0 saturated carbocycles. The number of fused-ring (bicyclic) bond motifs is 1. The van der Waals surface area contributed by atoms with Crippen molar-refractivity contribution in [2.75, 3.05) is 57.3 Å². The first-order chi connectivity index (χ1) is 18.8. The van der Waals surface area contributed by atoms with Crippen LogP contribution in [0.4, 0.5) is 9.52 Å². The molecule has 0 amide bonds. The maximum atomic E-state index is 13.4. The summed E-state index contributed by atoms with van der Waals surface area (Å²) in [4.78, 5) is 15.4. The number of piperazine rings is 2. The molecule has 1 N–H and O–H groups in total. The van der Waals surface area contributed by atoms with Gasteiger partial charge in [0.25, 0.3) is 10.0 Å². The minimum Gasteiger partial charge on any atom is -0.391 e. The number of aliphatic hydroxyl groups is 1. The molecular formula is C26H34FN7O3S2. The fraction of sp³-hybridized carbons (Fsp3) is 0.538. The van der Waals surface area contributed by atoms with E-state index in [1.807, 2.05) is 6.20 Å². The van der Waals surface area contributed by atoms with Crippen LogP contribution in [0.1, 0.15) is 30.6 Å². The molecule has 210 valence electrons. The number of thiazole rings is 1. The summed E-state index contributed by atoms with van der Waals surface area (Å²) in [5, 5.41) is 11.0. The molecule has 13 heteroatoms. The first kappa shape index (κ1) is 26.8. The molecule has 3 aliphatic rings. The van der Waals surface area contributed by atoms with E-state index in [0.29, 0.717) is 44.4 Å². The van der Waals surface area contributed by atoms with Gasteiger partial charge in [0.2, 0.25) is 0 Å². The summed E-state index contributed by atoms with van der Waals surface area (Å²) in [6.07, 6.45) is 5.56. The Morgan fingerprint density at radius 2 is 1.85 bits per heavy atom. The van der Waals surface area contributed by atoms with Crippen LogP contribution >= 0.6 is 11.3 Å². The number of aliphatic hydroxyl groups excluding tert-OH is 1. The van der Waals surface area contributed by atoms with Crippen LogP contribution in [0, 0.1) is 5.82 Å². The minimum atomic E-state index is -3.63. The van der Waals surface area contributed by atoms with E-state index in [1.54, 1.807) is 22.8 Å². The normalized spacial score (nSPS) is 24.2. The summed E-state index contributed by atoms with van der Waals surface area (Å²) in [7, 11) is -3.63. The zero-order valence-corrected chi connectivity index (χ0v) is 23.6. The van der Waals surface area contributed by atoms with E-state index in [1.165, 1.54) is 29.7 Å². The van der Waals surface area contributed by atoms with Crippen molar-refractivity contribution in [2.24, 2.45) is 0 Å². The van der Waals surface area contributed by atoms with E-state index in [-0.39, 0.29) is 28.2 Å². The Morgan fingerprint density at radius 1 is 1.08 bits per heavy atom. The summed E-state index contributed by atoms with van der Waals surface area (Å²) in [5.41, 5.74) is 2.03. The third kappa shape index (κ3) is 5.35. The molecule has 0 bridgehead atoms. The maximum absolute atomic E-state index is 13.4. The molecule has 0 unspecified atom stereocenters. The van der Waals surface area contributed by atoms with Crippen molar-refractivity contribution >= 4 is 26.5 Å². The minimum absolute atomic E-state index is 0.00482. The number of aromatic nitrogens is 3. The van der Waals surface area contributed by atoms with Crippen LogP contribution in [0.15, 0.2) is 47.2 Å². The molecule has 5 heterocycles. The van der Waals surface area contributed by atoms with Crippen LogP contribution in [-0.4, -0.2) is 107 Å². The van der Waals surface area contributed by atoms with Gasteiger partial charge in [0.15, 0.2) is 9.34 Å². The number of hydrogen-bond acceptors (Lipinski definition) is 9. The number of sulfonamides is 1. The molecule has 3 atom stereocenters. The first-order valence-electron chi connectivity index (χ1n) is 13.4. The fourth-order valence-corrected chi connectivity index (χ4v) is 8.59. The number of nitrogens with zero attached hydrogens (tertiary/aromatic N) is 7. The molecule has 3 aromatic rings. The summed E-state index contributed by atoms with van der Waals surface area (Å²) < 4.78 is 44.1. The molecule has 2 aromatic heterocycles. The van der Waals surface area contributed by atoms with E-state index < -0.39 is 10.0 Å². The van der Waals surface area contributed by atoms with Crippen molar-refractivity contribution in [1.82, 2.24) is 28.6 Å². The average Bonchev–Trinajstić information content (AvgIpc) is 3.70. The van der Waals surface area contributed by atoms with Gasteiger partial charge in [0, 0.05) is 65.1 Å². The molecule has 0 aliphatic carbocycles. The van der Waals surface area contributed by atoms with E-state index >= 15 is 0 Å². The van der Waals surface area contributed by atoms with Crippen molar-refractivity contribution in [3.05, 3.63) is 60.1 Å². The third-order valence-electron chi connectivity index (χ3n) is 8.26. The number of anilines is 1. The molecule has 39 heavy (non-hydrogen) atoms. The summed E-state index contributed by atoms with van der Waals surface area (Å²) in [5.74, 6) is -0.258. The predicted molar refractivity (Wildman–Crippen MR) is 147 cm³/mol. The van der Waals surface area contributed by atoms with Crippen LogP contribution in [0.5, 0.6) is 0 Å². The number of halogens is 1. The van der Waals surface area contributed by atoms with Gasteiger partial charge in [0.1, 0.15) is 5.82 Å². The van der Waals surface area contributed by atoms with Gasteiger partial charge in [0.05, 0.1) is 36.4 Å². The number of imidazole rings is 1. The van der Waals surface area contributed by atoms with Crippen molar-refractivity contribution in [3.63, 3.8) is 0 Å². The van der Waals surface area contributed by atoms with Crippen molar-refractivity contribution < 1.29 is 17.9 Å². The smallest absolute Gasteiger partial charge is 0.254 e. The van der Waals surface area contributed by atoms with Gasteiger partial charge in [-0.05, 0) is 31.0 Å². The van der Waals surface area contributed by atoms with E-state index in [2.05, 4.69) is 36.2 Å². The van der Waals surface area contributed by atoms with Gasteiger partial charge in [-0.15, -0.1) is 0 Å². The topological polar surface area (TPSA) is 98.0 Å². The standard InChI is InChI=1S/C26H34FN7O3S2/c1-19(20-2-4-21(27)5-3-20)34-18-28-14-22(34)16-30-8-12-33(13-9-30)39(36,37)25-15-29-26(38-25)32-11-10-31-7-6-24(35)23(31)17-32/h2-5,14-15,18-19,23-24,35H,6-13,16-17H2,1H3/t19-,23-,24+/m1/s1. The van der Waals surface area contributed by atoms with Crippen LogP contribution in [-0.2, 0) is 16.6 Å². The molecule has 3 saturated heterocycles. The van der Waals surface area contributed by atoms with Crippen molar-refractivity contribution in [2.45, 2.75) is 42.3 Å². The number of benzene rings is 1. The zero-order chi connectivity index (χ0) is 27.1. The highest BCUT2D eigenvalue weighted by molar-refractivity contribution is 7.91. The number of rotatable bonds is 7. The molecular weight excluding hydrogens is 541 g/mol. The summed E-state index contributed by atoms with van der Waals surface area (Å²) >= 11 is 1.22. The highest BCUT2D eigenvalue weighted by Crippen LogP contribution is 2.32. The monoisotopic (exact) mass is 575 g/mol. The summed E-state index contributed by atoms with van der Waals surface area (Å²) in [6.45, 7) is 7.98. The quantitative estimate of drug-likeness (QED) is 0.456. The maximum Gasteiger partial charge on any atom is 0.254 e. The van der Waals surface area contributed by atoms with Gasteiger partial charge in [-0.1, -0.05) is 23.5 Å². The largest absolute Gasteiger partial charge is 0.391 e. The molecule has 3 aliphatic heterocycles. The highest BCUT2D eigenvalue weighted by atomic mass is 32.2. The SMILES string of the molecule is C[C@H](c1ccc(F)cc1)n1cncc1CN1CCN(S(=O)(=O)c2cnc(N3CCN4CC[C@H](O)[C@H]4C3)s2)CC1. The van der Waals surface area contributed by atoms with Crippen LogP contribution in [0.3, 0.4) is 0 Å². The lowest BCUT2D eigenvalue weighted by Crippen LogP contribution is -2.53. The second-order valence-corrected chi connectivity index (χ2v) is 13.7. The molecule has 3 fully saturated rings. The second kappa shape index (κ2) is 10.9. The zero-order valence-electron chi connectivity index (χ0n) is 21.9. The Morgan fingerprint density at radius 3 is 2.62 bits per heavy atom. The lowest BCUT2D eigenvalue weighted by molar-refractivity contribution is 0.108. The van der Waals surface area contributed by atoms with Gasteiger partial charge < -0.3 is 14.6 Å². The van der Waals surface area contributed by atoms with Gasteiger partial charge in [-0.2, -0.15) is 4.31 Å². The van der Waals surface area contributed by atoms with E-state index in [0.717, 1.165) is 37.3 Å². The fourth-order valence-electron chi connectivity index (χ4n) is 5.86. The third-order valence-corrected chi connectivity index (χ3v) is 11.7. The van der Waals surface area contributed by atoms with Crippen LogP contribution in [0.25, 0.3) is 0 Å². The molecule has 1 aromatic carbocycles. The van der Waals surface area contributed by atoms with Gasteiger partial charge in [-0.25, -0.2) is 22.8 Å². The second-order valence-electron chi connectivity index (χ2n) is 10.6. The Labute approximate surface area is 232 Å². The average molecular weight is 576 g/mol. The molecule has 6 rings (SSSR count). The Balaban J connectivity index is 1.07. The predicted octanol–water partition coefficient (Wildman–Crippen LogP) is 1.85. The Kier molecular flexibility index (Phi) is 7.46. The highest BCUT2D eigenvalue weighted by Gasteiger charge is 2.38. The van der Waals surface area contributed by atoms with Gasteiger partial charge in [-0.3, -0.25) is 9.80 Å². The molecule has 0 spiro atoms. The van der Waals surface area contributed by atoms with Gasteiger partial charge >= 0.3 is 0 Å². The van der Waals surface area contributed by atoms with Crippen LogP contribution < -0.4 is 4.90 Å². The Hall–Kier alpha value is -2.42. The van der Waals surface area contributed by atoms with Crippen molar-refractivity contribution in [1.29, 1.82) is 0 Å². The van der Waals surface area contributed by atoms with Crippen LogP contribution in [0.2, 0.25) is 0 Å². The number of hydrogen-bond donors (Lipinski definition) is 1. The molecule has 10 nitrogen and oxygen atoms in total. The summed E-state index contributed by atoms with van der Waals surface area (Å²) in [6, 6.07) is 6.60. The van der Waals surface area contributed by atoms with E-state index in [4.69, 9.17) is 0 Å².